The highest BCUT2D eigenvalue weighted by Crippen LogP contribution is 2.29. The van der Waals surface area contributed by atoms with Crippen LogP contribution in [0.4, 0.5) is 5.69 Å². The van der Waals surface area contributed by atoms with Crippen LogP contribution in [0, 0.1) is 19.8 Å². The van der Waals surface area contributed by atoms with Crippen molar-refractivity contribution >= 4 is 15.7 Å². The van der Waals surface area contributed by atoms with Gasteiger partial charge in [-0.2, -0.15) is 0 Å². The van der Waals surface area contributed by atoms with E-state index in [9.17, 15) is 8.42 Å². The molecule has 0 unspecified atom stereocenters. The summed E-state index contributed by atoms with van der Waals surface area (Å²) in [7, 11) is -3.47. The SMILES string of the molecule is CCC1CCC(NS(=O)(=O)c2c(C)cc(N)cc2C)CC1. The molecule has 1 fully saturated rings. The van der Waals surface area contributed by atoms with Crippen molar-refractivity contribution < 1.29 is 8.42 Å². The summed E-state index contributed by atoms with van der Waals surface area (Å²) in [5.74, 6) is 0.755. The fraction of sp³-hybridized carbons (Fsp3) is 0.625. The van der Waals surface area contributed by atoms with Gasteiger partial charge >= 0.3 is 0 Å². The molecule has 21 heavy (non-hydrogen) atoms. The summed E-state index contributed by atoms with van der Waals surface area (Å²) in [5.41, 5.74) is 7.80. The predicted octanol–water partition coefficient (Wildman–Crippen LogP) is 3.13. The van der Waals surface area contributed by atoms with Gasteiger partial charge < -0.3 is 5.73 Å². The van der Waals surface area contributed by atoms with Gasteiger partial charge in [0, 0.05) is 11.7 Å². The summed E-state index contributed by atoms with van der Waals surface area (Å²) in [6.07, 6.45) is 5.29. The summed E-state index contributed by atoms with van der Waals surface area (Å²) in [6, 6.07) is 3.50. The molecule has 0 atom stereocenters. The van der Waals surface area contributed by atoms with Gasteiger partial charge in [0.25, 0.3) is 0 Å². The van der Waals surface area contributed by atoms with Gasteiger partial charge in [0.1, 0.15) is 0 Å². The van der Waals surface area contributed by atoms with Crippen LogP contribution in [-0.2, 0) is 10.0 Å². The number of hydrogen-bond acceptors (Lipinski definition) is 3. The van der Waals surface area contributed by atoms with Gasteiger partial charge in [0.2, 0.25) is 10.0 Å². The maximum Gasteiger partial charge on any atom is 0.241 e. The Morgan fingerprint density at radius 2 is 1.67 bits per heavy atom. The summed E-state index contributed by atoms with van der Waals surface area (Å²) in [5, 5.41) is 0. The Bertz CT molecular complexity index is 580. The first-order valence-corrected chi connectivity index (χ1v) is 9.21. The first-order chi connectivity index (χ1) is 9.83. The second-order valence-electron chi connectivity index (χ2n) is 6.23. The highest BCUT2D eigenvalue weighted by Gasteiger charge is 2.27. The molecule has 118 valence electrons. The van der Waals surface area contributed by atoms with Crippen LogP contribution in [0.2, 0.25) is 0 Å². The van der Waals surface area contributed by atoms with Crippen LogP contribution in [0.15, 0.2) is 17.0 Å². The average molecular weight is 310 g/mol. The zero-order chi connectivity index (χ0) is 15.6. The summed E-state index contributed by atoms with van der Waals surface area (Å²) < 4.78 is 28.2. The minimum atomic E-state index is -3.47. The average Bonchev–Trinajstić information content (AvgIpc) is 2.37. The van der Waals surface area contributed by atoms with Gasteiger partial charge in [-0.25, -0.2) is 13.1 Å². The van der Waals surface area contributed by atoms with Gasteiger partial charge in [-0.3, -0.25) is 0 Å². The van der Waals surface area contributed by atoms with Crippen molar-refractivity contribution in [3.63, 3.8) is 0 Å². The number of anilines is 1. The molecular formula is C16H26N2O2S. The molecule has 0 spiro atoms. The molecular weight excluding hydrogens is 284 g/mol. The van der Waals surface area contributed by atoms with E-state index >= 15 is 0 Å². The third-order valence-corrected chi connectivity index (χ3v) is 6.32. The van der Waals surface area contributed by atoms with E-state index in [1.54, 1.807) is 26.0 Å². The van der Waals surface area contributed by atoms with E-state index in [2.05, 4.69) is 11.6 Å². The van der Waals surface area contributed by atoms with E-state index in [0.717, 1.165) is 31.6 Å². The third kappa shape index (κ3) is 3.77. The lowest BCUT2D eigenvalue weighted by atomic mass is 9.85. The van der Waals surface area contributed by atoms with Crippen LogP contribution in [0.1, 0.15) is 50.2 Å². The molecule has 4 nitrogen and oxygen atoms in total. The maximum atomic E-state index is 12.7. The molecule has 3 N–H and O–H groups in total. The van der Waals surface area contributed by atoms with Crippen molar-refractivity contribution in [2.24, 2.45) is 5.92 Å². The molecule has 1 aromatic rings. The van der Waals surface area contributed by atoms with Crippen LogP contribution < -0.4 is 10.5 Å². The number of nitrogens with one attached hydrogen (secondary N) is 1. The lowest BCUT2D eigenvalue weighted by molar-refractivity contribution is 0.306. The quantitative estimate of drug-likeness (QED) is 0.839. The molecule has 0 aromatic heterocycles. The first-order valence-electron chi connectivity index (χ1n) is 7.72. The Labute approximate surface area is 128 Å². The number of sulfonamides is 1. The zero-order valence-corrected chi connectivity index (χ0v) is 14.0. The number of rotatable bonds is 4. The van der Waals surface area contributed by atoms with E-state index in [1.807, 2.05) is 0 Å². The number of benzene rings is 1. The van der Waals surface area contributed by atoms with Gasteiger partial charge in [-0.05, 0) is 68.7 Å². The van der Waals surface area contributed by atoms with Crippen LogP contribution >= 0.6 is 0 Å². The highest BCUT2D eigenvalue weighted by atomic mass is 32.2. The van der Waals surface area contributed by atoms with E-state index in [-0.39, 0.29) is 6.04 Å². The lowest BCUT2D eigenvalue weighted by Gasteiger charge is -2.28. The van der Waals surface area contributed by atoms with Crippen LogP contribution in [0.5, 0.6) is 0 Å². The monoisotopic (exact) mass is 310 g/mol. The standard InChI is InChI=1S/C16H26N2O2S/c1-4-13-5-7-15(8-6-13)18-21(19,20)16-11(2)9-14(17)10-12(16)3/h9-10,13,15,18H,4-8,17H2,1-3H3. The Balaban J connectivity index is 2.16. The van der Waals surface area contributed by atoms with Crippen LogP contribution in [-0.4, -0.2) is 14.5 Å². The minimum Gasteiger partial charge on any atom is -0.399 e. The molecule has 0 amide bonds. The van der Waals surface area contributed by atoms with Crippen molar-refractivity contribution in [2.45, 2.75) is 63.8 Å². The molecule has 0 radical (unpaired) electrons. The number of nitrogen functional groups attached to an aromatic ring is 1. The van der Waals surface area contributed by atoms with E-state index < -0.39 is 10.0 Å². The molecule has 1 saturated carbocycles. The van der Waals surface area contributed by atoms with E-state index in [1.165, 1.54) is 6.42 Å². The van der Waals surface area contributed by atoms with Crippen molar-refractivity contribution in [3.05, 3.63) is 23.3 Å². The smallest absolute Gasteiger partial charge is 0.241 e. The van der Waals surface area contributed by atoms with Crippen molar-refractivity contribution in [1.29, 1.82) is 0 Å². The first kappa shape index (κ1) is 16.3. The van der Waals surface area contributed by atoms with Crippen molar-refractivity contribution in [2.75, 3.05) is 5.73 Å². The zero-order valence-electron chi connectivity index (χ0n) is 13.1. The summed E-state index contributed by atoms with van der Waals surface area (Å²) in [4.78, 5) is 0.384. The second-order valence-corrected chi connectivity index (χ2v) is 7.88. The predicted molar refractivity (Wildman–Crippen MR) is 86.7 cm³/mol. The Morgan fingerprint density at radius 1 is 1.14 bits per heavy atom. The van der Waals surface area contributed by atoms with Gasteiger partial charge in [-0.1, -0.05) is 13.3 Å². The minimum absolute atomic E-state index is 0.0640. The largest absolute Gasteiger partial charge is 0.399 e. The molecule has 2 rings (SSSR count). The molecule has 5 heteroatoms. The molecule has 1 aliphatic carbocycles. The number of hydrogen-bond donors (Lipinski definition) is 2. The summed E-state index contributed by atoms with van der Waals surface area (Å²) in [6.45, 7) is 5.80. The number of nitrogens with two attached hydrogens (primary N) is 1. The fourth-order valence-electron chi connectivity index (χ4n) is 3.37. The van der Waals surface area contributed by atoms with E-state index in [0.29, 0.717) is 21.7 Å². The fourth-order valence-corrected chi connectivity index (χ4v) is 5.13. The van der Waals surface area contributed by atoms with E-state index in [4.69, 9.17) is 5.73 Å². The summed E-state index contributed by atoms with van der Waals surface area (Å²) >= 11 is 0. The maximum absolute atomic E-state index is 12.7. The Hall–Kier alpha value is -1.07. The molecule has 0 aliphatic heterocycles. The lowest BCUT2D eigenvalue weighted by Crippen LogP contribution is -2.38. The molecule has 0 heterocycles. The third-order valence-electron chi connectivity index (χ3n) is 4.50. The normalized spacial score (nSPS) is 23.2. The topological polar surface area (TPSA) is 72.2 Å². The Kier molecular flexibility index (Phi) is 4.94. The van der Waals surface area contributed by atoms with Gasteiger partial charge in [0.05, 0.1) is 4.90 Å². The van der Waals surface area contributed by atoms with Gasteiger partial charge in [0.15, 0.2) is 0 Å². The molecule has 1 aromatic carbocycles. The number of aryl methyl sites for hydroxylation is 2. The van der Waals surface area contributed by atoms with Crippen LogP contribution in [0.3, 0.4) is 0 Å². The Morgan fingerprint density at radius 3 is 2.14 bits per heavy atom. The highest BCUT2D eigenvalue weighted by molar-refractivity contribution is 7.89. The van der Waals surface area contributed by atoms with Crippen molar-refractivity contribution in [3.8, 4) is 0 Å². The van der Waals surface area contributed by atoms with Crippen LogP contribution in [0.25, 0.3) is 0 Å². The molecule has 1 aliphatic rings. The second kappa shape index (κ2) is 6.36. The molecule has 0 saturated heterocycles. The van der Waals surface area contributed by atoms with Crippen molar-refractivity contribution in [1.82, 2.24) is 4.72 Å². The molecule has 0 bridgehead atoms. The van der Waals surface area contributed by atoms with Gasteiger partial charge in [-0.15, -0.1) is 0 Å².